The monoisotopic (exact) mass is 265 g/mol. The number of rotatable bonds is 5. The van der Waals surface area contributed by atoms with Crippen LogP contribution in [0.25, 0.3) is 0 Å². The normalized spacial score (nSPS) is 27.2. The lowest BCUT2D eigenvalue weighted by atomic mass is 9.75. The van der Waals surface area contributed by atoms with E-state index in [1.165, 1.54) is 18.9 Å². The van der Waals surface area contributed by atoms with Crippen molar-refractivity contribution < 1.29 is 9.50 Å². The van der Waals surface area contributed by atoms with Gasteiger partial charge in [-0.1, -0.05) is 31.9 Å². The van der Waals surface area contributed by atoms with E-state index in [4.69, 9.17) is 0 Å². The van der Waals surface area contributed by atoms with E-state index in [-0.39, 0.29) is 18.0 Å². The molecule has 3 heteroatoms. The Morgan fingerprint density at radius 1 is 1.32 bits per heavy atom. The van der Waals surface area contributed by atoms with E-state index in [1.54, 1.807) is 12.1 Å². The van der Waals surface area contributed by atoms with Gasteiger partial charge < -0.3 is 10.4 Å². The zero-order valence-corrected chi connectivity index (χ0v) is 11.7. The maximum atomic E-state index is 13.7. The number of nitrogens with one attached hydrogen (secondary N) is 1. The molecular formula is C16H24FNO. The number of hydrogen-bond acceptors (Lipinski definition) is 2. The lowest BCUT2D eigenvalue weighted by molar-refractivity contribution is 0.148. The molecule has 106 valence electrons. The SMILES string of the molecule is CCCC1CCC(CO)(Nc2ccccc2F)CC1. The predicted molar refractivity (Wildman–Crippen MR) is 76.7 cm³/mol. The molecule has 0 saturated heterocycles. The number of aliphatic hydroxyl groups is 1. The summed E-state index contributed by atoms with van der Waals surface area (Å²) in [4.78, 5) is 0. The molecule has 1 aromatic carbocycles. The third kappa shape index (κ3) is 3.47. The highest BCUT2D eigenvalue weighted by molar-refractivity contribution is 5.47. The molecule has 0 heterocycles. The zero-order chi connectivity index (χ0) is 13.7. The van der Waals surface area contributed by atoms with Crippen LogP contribution in [-0.4, -0.2) is 17.3 Å². The molecule has 0 atom stereocenters. The maximum absolute atomic E-state index is 13.7. The van der Waals surface area contributed by atoms with Gasteiger partial charge in [-0.25, -0.2) is 4.39 Å². The second kappa shape index (κ2) is 6.38. The fourth-order valence-corrected chi connectivity index (χ4v) is 3.10. The Kier molecular flexibility index (Phi) is 4.81. The second-order valence-electron chi connectivity index (χ2n) is 5.78. The van der Waals surface area contributed by atoms with Gasteiger partial charge >= 0.3 is 0 Å². The van der Waals surface area contributed by atoms with E-state index >= 15 is 0 Å². The molecule has 1 fully saturated rings. The first kappa shape index (κ1) is 14.3. The summed E-state index contributed by atoms with van der Waals surface area (Å²) in [6, 6.07) is 6.70. The minimum Gasteiger partial charge on any atom is -0.394 e. The minimum absolute atomic E-state index is 0.0696. The molecule has 0 amide bonds. The molecule has 0 aromatic heterocycles. The van der Waals surface area contributed by atoms with Crippen molar-refractivity contribution in [3.8, 4) is 0 Å². The van der Waals surface area contributed by atoms with Crippen molar-refractivity contribution in [3.63, 3.8) is 0 Å². The van der Waals surface area contributed by atoms with Crippen molar-refractivity contribution in [1.29, 1.82) is 0 Å². The smallest absolute Gasteiger partial charge is 0.146 e. The van der Waals surface area contributed by atoms with Gasteiger partial charge in [0.15, 0.2) is 0 Å². The van der Waals surface area contributed by atoms with Gasteiger partial charge in [-0.2, -0.15) is 0 Å². The average molecular weight is 265 g/mol. The quantitative estimate of drug-likeness (QED) is 0.844. The highest BCUT2D eigenvalue weighted by atomic mass is 19.1. The number of benzene rings is 1. The first-order chi connectivity index (χ1) is 9.19. The molecule has 1 saturated carbocycles. The van der Waals surface area contributed by atoms with Crippen LogP contribution in [0.2, 0.25) is 0 Å². The summed E-state index contributed by atoms with van der Waals surface area (Å²) in [5.74, 6) is 0.526. The number of para-hydroxylation sites is 1. The molecule has 2 nitrogen and oxygen atoms in total. The van der Waals surface area contributed by atoms with Crippen molar-refractivity contribution >= 4 is 5.69 Å². The summed E-state index contributed by atoms with van der Waals surface area (Å²) in [6.45, 7) is 2.28. The van der Waals surface area contributed by atoms with Crippen molar-refractivity contribution in [3.05, 3.63) is 30.1 Å². The average Bonchev–Trinajstić information content (AvgIpc) is 2.44. The lowest BCUT2D eigenvalue weighted by Crippen LogP contribution is -2.45. The fourth-order valence-electron chi connectivity index (χ4n) is 3.10. The van der Waals surface area contributed by atoms with Crippen LogP contribution in [-0.2, 0) is 0 Å². The number of aliphatic hydroxyl groups excluding tert-OH is 1. The van der Waals surface area contributed by atoms with Crippen LogP contribution in [0.5, 0.6) is 0 Å². The first-order valence-corrected chi connectivity index (χ1v) is 7.33. The molecule has 2 rings (SSSR count). The Balaban J connectivity index is 2.02. The van der Waals surface area contributed by atoms with Crippen LogP contribution in [0.3, 0.4) is 0 Å². The zero-order valence-electron chi connectivity index (χ0n) is 11.7. The molecule has 0 radical (unpaired) electrons. The van der Waals surface area contributed by atoms with Crippen molar-refractivity contribution in [2.45, 2.75) is 51.0 Å². The fraction of sp³-hybridized carbons (Fsp3) is 0.625. The van der Waals surface area contributed by atoms with Crippen LogP contribution in [0.4, 0.5) is 10.1 Å². The van der Waals surface area contributed by atoms with Crippen LogP contribution in [0.15, 0.2) is 24.3 Å². The minimum atomic E-state index is -0.341. The molecule has 0 bridgehead atoms. The standard InChI is InChI=1S/C16H24FNO/c1-2-5-13-8-10-16(12-19,11-9-13)18-15-7-4-3-6-14(15)17/h3-4,6-7,13,18-19H,2,5,8-12H2,1H3. The summed E-state index contributed by atoms with van der Waals surface area (Å²) in [5, 5.41) is 13.0. The molecule has 2 N–H and O–H groups in total. The molecule has 1 aromatic rings. The topological polar surface area (TPSA) is 32.3 Å². The summed E-state index contributed by atoms with van der Waals surface area (Å²) in [7, 11) is 0. The van der Waals surface area contributed by atoms with Crippen molar-refractivity contribution in [2.24, 2.45) is 5.92 Å². The van der Waals surface area contributed by atoms with Gasteiger partial charge in [0.1, 0.15) is 5.82 Å². The first-order valence-electron chi connectivity index (χ1n) is 7.33. The maximum Gasteiger partial charge on any atom is 0.146 e. The Morgan fingerprint density at radius 2 is 2.00 bits per heavy atom. The molecular weight excluding hydrogens is 241 g/mol. The van der Waals surface area contributed by atoms with Gasteiger partial charge in [0, 0.05) is 0 Å². The Hall–Kier alpha value is -1.09. The van der Waals surface area contributed by atoms with E-state index in [2.05, 4.69) is 12.2 Å². The molecule has 0 spiro atoms. The Labute approximate surface area is 115 Å². The van der Waals surface area contributed by atoms with Gasteiger partial charge in [0.2, 0.25) is 0 Å². The summed E-state index contributed by atoms with van der Waals surface area (Å²) in [5.41, 5.74) is 0.164. The predicted octanol–water partition coefficient (Wildman–Crippen LogP) is 3.96. The number of anilines is 1. The summed E-state index contributed by atoms with van der Waals surface area (Å²) in [6.07, 6.45) is 6.56. The van der Waals surface area contributed by atoms with Crippen molar-refractivity contribution in [2.75, 3.05) is 11.9 Å². The third-order valence-corrected chi connectivity index (χ3v) is 4.34. The Bertz CT molecular complexity index is 399. The number of halogens is 1. The van der Waals surface area contributed by atoms with Crippen LogP contribution in [0.1, 0.15) is 45.4 Å². The highest BCUT2D eigenvalue weighted by Crippen LogP contribution is 2.36. The molecule has 1 aliphatic rings. The van der Waals surface area contributed by atoms with Crippen LogP contribution < -0.4 is 5.32 Å². The van der Waals surface area contributed by atoms with Crippen molar-refractivity contribution in [1.82, 2.24) is 0 Å². The van der Waals surface area contributed by atoms with Crippen LogP contribution >= 0.6 is 0 Å². The largest absolute Gasteiger partial charge is 0.394 e. The van der Waals surface area contributed by atoms with Crippen LogP contribution in [0, 0.1) is 11.7 Å². The summed E-state index contributed by atoms with van der Waals surface area (Å²) < 4.78 is 13.7. The van der Waals surface area contributed by atoms with Gasteiger partial charge in [-0.15, -0.1) is 0 Å². The molecule has 1 aliphatic carbocycles. The number of hydrogen-bond donors (Lipinski definition) is 2. The van der Waals surface area contributed by atoms with Gasteiger partial charge in [0.05, 0.1) is 17.8 Å². The third-order valence-electron chi connectivity index (χ3n) is 4.34. The molecule has 0 unspecified atom stereocenters. The van der Waals surface area contributed by atoms with Gasteiger partial charge in [-0.05, 0) is 43.7 Å². The molecule has 0 aliphatic heterocycles. The lowest BCUT2D eigenvalue weighted by Gasteiger charge is -2.40. The summed E-state index contributed by atoms with van der Waals surface area (Å²) >= 11 is 0. The van der Waals surface area contributed by atoms with E-state index < -0.39 is 0 Å². The second-order valence-corrected chi connectivity index (χ2v) is 5.78. The Morgan fingerprint density at radius 3 is 2.58 bits per heavy atom. The molecule has 19 heavy (non-hydrogen) atoms. The van der Waals surface area contributed by atoms with E-state index in [0.29, 0.717) is 5.69 Å². The van der Waals surface area contributed by atoms with Gasteiger partial charge in [-0.3, -0.25) is 0 Å². The van der Waals surface area contributed by atoms with Gasteiger partial charge in [0.25, 0.3) is 0 Å². The van der Waals surface area contributed by atoms with E-state index in [0.717, 1.165) is 31.6 Å². The van der Waals surface area contributed by atoms with E-state index in [9.17, 15) is 9.50 Å². The van der Waals surface area contributed by atoms with E-state index in [1.807, 2.05) is 6.07 Å². The highest BCUT2D eigenvalue weighted by Gasteiger charge is 2.34.